The lowest BCUT2D eigenvalue weighted by Gasteiger charge is -2.43. The number of rotatable bonds is 0. The molecule has 0 spiro atoms. The summed E-state index contributed by atoms with van der Waals surface area (Å²) in [5.41, 5.74) is 3.41. The summed E-state index contributed by atoms with van der Waals surface area (Å²) in [5.74, 6) is 0.807. The number of amides is 1. The average Bonchev–Trinajstić information content (AvgIpc) is 2.30. The predicted octanol–water partition coefficient (Wildman–Crippen LogP) is 2.55. The molecule has 1 amide bonds. The van der Waals surface area contributed by atoms with Gasteiger partial charge < -0.3 is 10.2 Å². The van der Waals surface area contributed by atoms with Crippen molar-refractivity contribution in [3.63, 3.8) is 0 Å². The Bertz CT molecular complexity index is 469. The third-order valence-electron chi connectivity index (χ3n) is 3.89. The van der Waals surface area contributed by atoms with Crippen LogP contribution in [0.15, 0.2) is 18.2 Å². The summed E-state index contributed by atoms with van der Waals surface area (Å²) < 4.78 is 0. The summed E-state index contributed by atoms with van der Waals surface area (Å²) in [4.78, 5) is 14.3. The third-order valence-corrected chi connectivity index (χ3v) is 3.89. The quantitative estimate of drug-likeness (QED) is 0.743. The van der Waals surface area contributed by atoms with Crippen molar-refractivity contribution in [1.82, 2.24) is 0 Å². The van der Waals surface area contributed by atoms with Crippen LogP contribution >= 0.6 is 0 Å². The monoisotopic (exact) mass is 230 g/mol. The Balaban J connectivity index is 2.03. The van der Waals surface area contributed by atoms with E-state index >= 15 is 0 Å². The van der Waals surface area contributed by atoms with Crippen LogP contribution in [0.4, 0.5) is 11.4 Å². The van der Waals surface area contributed by atoms with Crippen LogP contribution < -0.4 is 10.2 Å². The van der Waals surface area contributed by atoms with Gasteiger partial charge in [0.2, 0.25) is 5.91 Å². The minimum absolute atomic E-state index is 0.0352. The van der Waals surface area contributed by atoms with E-state index in [1.165, 1.54) is 17.7 Å². The number of carbonyl (C=O) groups is 1. The predicted molar refractivity (Wildman–Crippen MR) is 69.3 cm³/mol. The number of nitrogens with one attached hydrogen (secondary N) is 1. The maximum absolute atomic E-state index is 12.1. The standard InChI is InChI=1S/C14H18N2O/c1-9-3-4-11-12(7-9)16-6-5-10(2)8-13(16)14(17)15-11/h3-4,7,10,13H,5-6,8H2,1-2H3,(H,15,17). The Morgan fingerprint density at radius 2 is 2.24 bits per heavy atom. The van der Waals surface area contributed by atoms with E-state index in [1.807, 2.05) is 12.1 Å². The molecule has 2 aliphatic heterocycles. The first-order valence-corrected chi connectivity index (χ1v) is 6.33. The zero-order valence-electron chi connectivity index (χ0n) is 10.4. The van der Waals surface area contributed by atoms with Crippen molar-refractivity contribution < 1.29 is 4.79 Å². The number of anilines is 2. The molecule has 3 rings (SSSR count). The molecule has 1 N–H and O–H groups in total. The van der Waals surface area contributed by atoms with E-state index in [4.69, 9.17) is 0 Å². The summed E-state index contributed by atoms with van der Waals surface area (Å²) in [6.07, 6.45) is 2.15. The molecule has 0 aliphatic carbocycles. The second-order valence-corrected chi connectivity index (χ2v) is 5.35. The Kier molecular flexibility index (Phi) is 2.35. The molecule has 2 atom stereocenters. The van der Waals surface area contributed by atoms with Crippen LogP contribution in [-0.4, -0.2) is 18.5 Å². The smallest absolute Gasteiger partial charge is 0.247 e. The van der Waals surface area contributed by atoms with E-state index in [-0.39, 0.29) is 11.9 Å². The molecule has 0 aromatic heterocycles. The molecule has 1 saturated heterocycles. The van der Waals surface area contributed by atoms with Gasteiger partial charge in [-0.25, -0.2) is 0 Å². The number of nitrogens with zero attached hydrogens (tertiary/aromatic N) is 1. The Morgan fingerprint density at radius 1 is 1.41 bits per heavy atom. The van der Waals surface area contributed by atoms with Crippen LogP contribution in [0.2, 0.25) is 0 Å². The molecular weight excluding hydrogens is 212 g/mol. The molecular formula is C14H18N2O. The number of piperidine rings is 1. The minimum Gasteiger partial charge on any atom is -0.358 e. The van der Waals surface area contributed by atoms with Gasteiger partial charge in [0.15, 0.2) is 0 Å². The van der Waals surface area contributed by atoms with Gasteiger partial charge in [-0.3, -0.25) is 4.79 Å². The van der Waals surface area contributed by atoms with Crippen molar-refractivity contribution in [3.05, 3.63) is 23.8 Å². The molecule has 0 bridgehead atoms. The van der Waals surface area contributed by atoms with Crippen molar-refractivity contribution in [3.8, 4) is 0 Å². The maximum Gasteiger partial charge on any atom is 0.247 e. The van der Waals surface area contributed by atoms with Crippen LogP contribution in [-0.2, 0) is 4.79 Å². The largest absolute Gasteiger partial charge is 0.358 e. The summed E-state index contributed by atoms with van der Waals surface area (Å²) in [6.45, 7) is 5.32. The second kappa shape index (κ2) is 3.76. The fourth-order valence-electron chi connectivity index (χ4n) is 2.88. The highest BCUT2D eigenvalue weighted by Gasteiger charge is 2.36. The molecule has 17 heavy (non-hydrogen) atoms. The van der Waals surface area contributed by atoms with E-state index in [0.29, 0.717) is 5.92 Å². The minimum atomic E-state index is 0.0352. The Hall–Kier alpha value is -1.51. The van der Waals surface area contributed by atoms with Gasteiger partial charge in [0.05, 0.1) is 11.4 Å². The van der Waals surface area contributed by atoms with E-state index in [9.17, 15) is 4.79 Å². The first-order chi connectivity index (χ1) is 8.15. The molecule has 3 heteroatoms. The highest BCUT2D eigenvalue weighted by atomic mass is 16.2. The van der Waals surface area contributed by atoms with Crippen LogP contribution in [0.3, 0.4) is 0 Å². The molecule has 1 aromatic rings. The van der Waals surface area contributed by atoms with Crippen molar-refractivity contribution in [2.45, 2.75) is 32.7 Å². The van der Waals surface area contributed by atoms with Gasteiger partial charge >= 0.3 is 0 Å². The van der Waals surface area contributed by atoms with Crippen LogP contribution in [0.5, 0.6) is 0 Å². The summed E-state index contributed by atoms with van der Waals surface area (Å²) >= 11 is 0. The van der Waals surface area contributed by atoms with Crippen molar-refractivity contribution in [1.29, 1.82) is 0 Å². The van der Waals surface area contributed by atoms with E-state index in [2.05, 4.69) is 30.1 Å². The normalized spacial score (nSPS) is 27.2. The second-order valence-electron chi connectivity index (χ2n) is 5.35. The van der Waals surface area contributed by atoms with E-state index < -0.39 is 0 Å². The summed E-state index contributed by atoms with van der Waals surface area (Å²) in [7, 11) is 0. The Labute approximate surface area is 102 Å². The number of benzene rings is 1. The first-order valence-electron chi connectivity index (χ1n) is 6.33. The molecule has 0 saturated carbocycles. The fraction of sp³-hybridized carbons (Fsp3) is 0.500. The van der Waals surface area contributed by atoms with Crippen LogP contribution in [0.1, 0.15) is 25.3 Å². The molecule has 90 valence electrons. The summed E-state index contributed by atoms with van der Waals surface area (Å²) in [6, 6.07) is 6.27. The average molecular weight is 230 g/mol. The van der Waals surface area contributed by atoms with Gasteiger partial charge in [0, 0.05) is 6.54 Å². The van der Waals surface area contributed by atoms with Gasteiger partial charge in [0.1, 0.15) is 6.04 Å². The summed E-state index contributed by atoms with van der Waals surface area (Å²) in [5, 5.41) is 3.03. The highest BCUT2D eigenvalue weighted by molar-refractivity contribution is 6.03. The lowest BCUT2D eigenvalue weighted by Crippen LogP contribution is -2.52. The van der Waals surface area contributed by atoms with Crippen molar-refractivity contribution >= 4 is 17.3 Å². The first kappa shape index (κ1) is 10.6. The molecule has 3 nitrogen and oxygen atoms in total. The van der Waals surface area contributed by atoms with Gasteiger partial charge in [-0.1, -0.05) is 13.0 Å². The molecule has 2 unspecified atom stereocenters. The van der Waals surface area contributed by atoms with Gasteiger partial charge in [-0.05, 0) is 43.4 Å². The number of aryl methyl sites for hydroxylation is 1. The molecule has 1 aromatic carbocycles. The Morgan fingerprint density at radius 3 is 3.06 bits per heavy atom. The van der Waals surface area contributed by atoms with Crippen molar-refractivity contribution in [2.24, 2.45) is 5.92 Å². The lowest BCUT2D eigenvalue weighted by molar-refractivity contribution is -0.118. The molecule has 0 radical (unpaired) electrons. The zero-order chi connectivity index (χ0) is 12.0. The van der Waals surface area contributed by atoms with Gasteiger partial charge in [-0.2, -0.15) is 0 Å². The maximum atomic E-state index is 12.1. The van der Waals surface area contributed by atoms with Gasteiger partial charge in [-0.15, -0.1) is 0 Å². The number of hydrogen-bond acceptors (Lipinski definition) is 2. The SMILES string of the molecule is Cc1ccc2c(c1)N1CCC(C)CC1C(=O)N2. The third kappa shape index (κ3) is 1.70. The number of hydrogen-bond donors (Lipinski definition) is 1. The van der Waals surface area contributed by atoms with Gasteiger partial charge in [0.25, 0.3) is 0 Å². The number of carbonyl (C=O) groups excluding carboxylic acids is 1. The molecule has 2 heterocycles. The van der Waals surface area contributed by atoms with Crippen LogP contribution in [0, 0.1) is 12.8 Å². The highest BCUT2D eigenvalue weighted by Crippen LogP contribution is 2.37. The molecule has 1 fully saturated rings. The topological polar surface area (TPSA) is 32.3 Å². The van der Waals surface area contributed by atoms with E-state index in [0.717, 1.165) is 18.7 Å². The molecule has 2 aliphatic rings. The fourth-order valence-corrected chi connectivity index (χ4v) is 2.88. The van der Waals surface area contributed by atoms with E-state index in [1.54, 1.807) is 0 Å². The number of fused-ring (bicyclic) bond motifs is 3. The van der Waals surface area contributed by atoms with Crippen molar-refractivity contribution in [2.75, 3.05) is 16.8 Å². The lowest BCUT2D eigenvalue weighted by atomic mass is 9.89. The van der Waals surface area contributed by atoms with Crippen LogP contribution in [0.25, 0.3) is 0 Å². The zero-order valence-corrected chi connectivity index (χ0v) is 10.4.